The smallest absolute Gasteiger partial charge is 0.177 e. The van der Waals surface area contributed by atoms with Crippen LogP contribution in [-0.4, -0.2) is 11.7 Å². The van der Waals surface area contributed by atoms with E-state index in [2.05, 4.69) is 6.58 Å². The molecule has 0 aromatic carbocycles. The van der Waals surface area contributed by atoms with Gasteiger partial charge in [-0.2, -0.15) is 0 Å². The molecule has 0 radical (unpaired) electrons. The molecule has 0 fully saturated rings. The topological polar surface area (TPSA) is 17.1 Å². The molecule has 0 aliphatic rings. The summed E-state index contributed by atoms with van der Waals surface area (Å²) in [5.74, 6) is -0.0338. The van der Waals surface area contributed by atoms with E-state index in [-0.39, 0.29) is 11.7 Å². The third kappa shape index (κ3) is 3.79. The molecule has 0 bridgehead atoms. The van der Waals surface area contributed by atoms with Gasteiger partial charge in [0.15, 0.2) is 5.78 Å². The number of allylic oxidation sites excluding steroid dienone is 5. The third-order valence-electron chi connectivity index (χ3n) is 1.17. The number of hydrogen-bond donors (Lipinski definition) is 0. The molecule has 0 aromatic rings. The second-order valence-corrected chi connectivity index (χ2v) is 2.16. The molecule has 0 saturated heterocycles. The van der Waals surface area contributed by atoms with Crippen LogP contribution in [0, 0.1) is 0 Å². The van der Waals surface area contributed by atoms with Crippen LogP contribution in [0.3, 0.4) is 0 Å². The SMILES string of the molecule is C=C/C=C\C(=C/C)C(=O)CCl. The molecule has 0 saturated carbocycles. The van der Waals surface area contributed by atoms with Gasteiger partial charge in [-0.25, -0.2) is 0 Å². The highest BCUT2D eigenvalue weighted by Crippen LogP contribution is 2.00. The van der Waals surface area contributed by atoms with Crippen molar-refractivity contribution in [2.45, 2.75) is 6.92 Å². The molecule has 0 aromatic heterocycles. The Kier molecular flexibility index (Phi) is 5.49. The second-order valence-electron chi connectivity index (χ2n) is 1.90. The Labute approximate surface area is 72.1 Å². The van der Waals surface area contributed by atoms with Crippen molar-refractivity contribution in [2.75, 3.05) is 5.88 Å². The van der Waals surface area contributed by atoms with Gasteiger partial charge in [0.25, 0.3) is 0 Å². The summed E-state index contributed by atoms with van der Waals surface area (Å²) >= 11 is 5.35. The van der Waals surface area contributed by atoms with Gasteiger partial charge >= 0.3 is 0 Å². The van der Waals surface area contributed by atoms with Crippen molar-refractivity contribution >= 4 is 17.4 Å². The van der Waals surface area contributed by atoms with E-state index < -0.39 is 0 Å². The lowest BCUT2D eigenvalue weighted by molar-refractivity contribution is -0.113. The maximum absolute atomic E-state index is 11.0. The molecular formula is C9H11ClO. The zero-order chi connectivity index (χ0) is 8.69. The number of alkyl halides is 1. The van der Waals surface area contributed by atoms with Crippen LogP contribution >= 0.6 is 11.6 Å². The summed E-state index contributed by atoms with van der Waals surface area (Å²) in [4.78, 5) is 11.0. The summed E-state index contributed by atoms with van der Waals surface area (Å²) in [6.45, 7) is 5.29. The van der Waals surface area contributed by atoms with Crippen molar-refractivity contribution in [3.63, 3.8) is 0 Å². The summed E-state index contributed by atoms with van der Waals surface area (Å²) in [5, 5.41) is 0. The minimum Gasteiger partial charge on any atom is -0.293 e. The molecule has 0 atom stereocenters. The van der Waals surface area contributed by atoms with Crippen molar-refractivity contribution in [1.82, 2.24) is 0 Å². The number of Topliss-reactive ketones (excluding diaryl/α,β-unsaturated/α-hetero) is 1. The van der Waals surface area contributed by atoms with Crippen LogP contribution in [0.15, 0.2) is 36.5 Å². The molecule has 0 aliphatic carbocycles. The molecule has 0 spiro atoms. The fraction of sp³-hybridized carbons (Fsp3) is 0.222. The predicted octanol–water partition coefficient (Wildman–Crippen LogP) is 2.48. The van der Waals surface area contributed by atoms with Crippen LogP contribution in [-0.2, 0) is 4.79 Å². The Morgan fingerprint density at radius 1 is 1.64 bits per heavy atom. The number of carbonyl (C=O) groups is 1. The Morgan fingerprint density at radius 3 is 2.64 bits per heavy atom. The summed E-state index contributed by atoms with van der Waals surface area (Å²) in [5.41, 5.74) is 0.625. The number of rotatable bonds is 4. The van der Waals surface area contributed by atoms with Crippen LogP contribution in [0.25, 0.3) is 0 Å². The van der Waals surface area contributed by atoms with E-state index >= 15 is 0 Å². The van der Waals surface area contributed by atoms with Crippen molar-refractivity contribution in [3.05, 3.63) is 36.5 Å². The first-order chi connectivity index (χ1) is 5.26. The minimum absolute atomic E-state index is 0.0289. The van der Waals surface area contributed by atoms with Crippen molar-refractivity contribution in [1.29, 1.82) is 0 Å². The summed E-state index contributed by atoms with van der Waals surface area (Å²) < 4.78 is 0. The van der Waals surface area contributed by atoms with Crippen LogP contribution < -0.4 is 0 Å². The molecule has 0 rings (SSSR count). The Balaban J connectivity index is 4.31. The molecule has 2 heteroatoms. The van der Waals surface area contributed by atoms with E-state index in [1.165, 1.54) is 0 Å². The van der Waals surface area contributed by atoms with E-state index in [4.69, 9.17) is 11.6 Å². The van der Waals surface area contributed by atoms with Gasteiger partial charge in [0.2, 0.25) is 0 Å². The van der Waals surface area contributed by atoms with Gasteiger partial charge in [0.05, 0.1) is 5.88 Å². The van der Waals surface area contributed by atoms with Gasteiger partial charge in [-0.1, -0.05) is 30.9 Å². The van der Waals surface area contributed by atoms with Crippen LogP contribution in [0.2, 0.25) is 0 Å². The number of hydrogen-bond acceptors (Lipinski definition) is 1. The normalized spacial score (nSPS) is 12.0. The molecule has 0 unspecified atom stereocenters. The summed E-state index contributed by atoms with van der Waals surface area (Å²) in [7, 11) is 0. The molecule has 0 aliphatic heterocycles. The van der Waals surface area contributed by atoms with Gasteiger partial charge in [0.1, 0.15) is 0 Å². The second kappa shape index (κ2) is 5.93. The lowest BCUT2D eigenvalue weighted by Crippen LogP contribution is -2.00. The fourth-order valence-electron chi connectivity index (χ4n) is 0.599. The number of halogens is 1. The summed E-state index contributed by atoms with van der Waals surface area (Å²) in [6.07, 6.45) is 6.74. The first-order valence-electron chi connectivity index (χ1n) is 3.30. The minimum atomic E-state index is -0.0627. The Morgan fingerprint density at radius 2 is 2.27 bits per heavy atom. The molecule has 60 valence electrons. The zero-order valence-corrected chi connectivity index (χ0v) is 7.27. The van der Waals surface area contributed by atoms with Gasteiger partial charge in [0, 0.05) is 5.57 Å². The van der Waals surface area contributed by atoms with Crippen LogP contribution in [0.5, 0.6) is 0 Å². The lowest BCUT2D eigenvalue weighted by atomic mass is 10.1. The first kappa shape index (κ1) is 10.2. The molecular weight excluding hydrogens is 160 g/mol. The fourth-order valence-corrected chi connectivity index (χ4v) is 0.753. The Bertz CT molecular complexity index is 202. The Hall–Kier alpha value is -0.820. The van der Waals surface area contributed by atoms with E-state index in [1.807, 2.05) is 0 Å². The average Bonchev–Trinajstić information content (AvgIpc) is 2.05. The van der Waals surface area contributed by atoms with Crippen LogP contribution in [0.1, 0.15) is 6.92 Å². The number of carbonyl (C=O) groups excluding carboxylic acids is 1. The van der Waals surface area contributed by atoms with Crippen molar-refractivity contribution < 1.29 is 4.79 Å². The maximum Gasteiger partial charge on any atom is 0.177 e. The van der Waals surface area contributed by atoms with Gasteiger partial charge in [-0.15, -0.1) is 11.6 Å². The number of ketones is 1. The van der Waals surface area contributed by atoms with E-state index in [0.717, 1.165) is 0 Å². The van der Waals surface area contributed by atoms with Gasteiger partial charge in [-0.05, 0) is 6.92 Å². The van der Waals surface area contributed by atoms with Crippen molar-refractivity contribution in [3.8, 4) is 0 Å². The van der Waals surface area contributed by atoms with Gasteiger partial charge in [-0.3, -0.25) is 4.79 Å². The maximum atomic E-state index is 11.0. The van der Waals surface area contributed by atoms with Gasteiger partial charge < -0.3 is 0 Å². The highest BCUT2D eigenvalue weighted by molar-refractivity contribution is 6.30. The predicted molar refractivity (Wildman–Crippen MR) is 48.8 cm³/mol. The van der Waals surface area contributed by atoms with E-state index in [0.29, 0.717) is 5.57 Å². The zero-order valence-electron chi connectivity index (χ0n) is 6.51. The molecule has 11 heavy (non-hydrogen) atoms. The highest BCUT2D eigenvalue weighted by Gasteiger charge is 2.01. The van der Waals surface area contributed by atoms with E-state index in [1.54, 1.807) is 31.2 Å². The molecule has 0 heterocycles. The molecule has 0 N–H and O–H groups in total. The highest BCUT2D eigenvalue weighted by atomic mass is 35.5. The molecule has 0 amide bonds. The van der Waals surface area contributed by atoms with Crippen LogP contribution in [0.4, 0.5) is 0 Å². The first-order valence-corrected chi connectivity index (χ1v) is 3.84. The summed E-state index contributed by atoms with van der Waals surface area (Å²) in [6, 6.07) is 0. The van der Waals surface area contributed by atoms with Crippen molar-refractivity contribution in [2.24, 2.45) is 0 Å². The monoisotopic (exact) mass is 170 g/mol. The largest absolute Gasteiger partial charge is 0.293 e. The van der Waals surface area contributed by atoms with E-state index in [9.17, 15) is 4.79 Å². The third-order valence-corrected chi connectivity index (χ3v) is 1.41. The standard InChI is InChI=1S/C9H11ClO/c1-3-5-6-8(4-2)9(11)7-10/h3-6H,1,7H2,2H3/b6-5-,8-4+. The lowest BCUT2D eigenvalue weighted by Gasteiger charge is -1.93. The quantitative estimate of drug-likeness (QED) is 0.360. The average molecular weight is 171 g/mol. The molecule has 1 nitrogen and oxygen atoms in total.